The summed E-state index contributed by atoms with van der Waals surface area (Å²) >= 11 is 1.43. The summed E-state index contributed by atoms with van der Waals surface area (Å²) in [7, 11) is 0. The van der Waals surface area contributed by atoms with Crippen molar-refractivity contribution in [1.29, 1.82) is 5.26 Å². The summed E-state index contributed by atoms with van der Waals surface area (Å²) < 4.78 is 5.50. The van der Waals surface area contributed by atoms with Crippen LogP contribution in [0.25, 0.3) is 10.9 Å². The second-order valence-corrected chi connectivity index (χ2v) is 7.55. The summed E-state index contributed by atoms with van der Waals surface area (Å²) in [6.07, 6.45) is 2.46. The predicted molar refractivity (Wildman–Crippen MR) is 113 cm³/mol. The number of H-pyrrole nitrogens is 1. The number of anilines is 1. The Kier molecular flexibility index (Phi) is 5.27. The zero-order chi connectivity index (χ0) is 20.2. The lowest BCUT2D eigenvalue weighted by molar-refractivity contribution is 0.102. The third-order valence-electron chi connectivity index (χ3n) is 4.38. The van der Waals surface area contributed by atoms with Crippen LogP contribution in [0.15, 0.2) is 54.7 Å². The first-order valence-electron chi connectivity index (χ1n) is 9.15. The third-order valence-corrected chi connectivity index (χ3v) is 5.30. The van der Waals surface area contributed by atoms with E-state index in [4.69, 9.17) is 10.00 Å². The van der Waals surface area contributed by atoms with Crippen LogP contribution in [0.5, 0.6) is 5.75 Å². The van der Waals surface area contributed by atoms with Gasteiger partial charge in [0.1, 0.15) is 11.4 Å². The standard InChI is InChI=1S/C22H18N4O2S/c1-2-28-17-8-7-16-10-20(25-19(16)11-17)21(27)26-22-24-13-18(29-22)9-14-3-5-15(12-23)6-4-14/h3-8,10-11,13,25H,2,9H2,1H3,(H,24,26,27). The largest absolute Gasteiger partial charge is 0.494 e. The fourth-order valence-corrected chi connectivity index (χ4v) is 3.84. The van der Waals surface area contributed by atoms with Gasteiger partial charge in [-0.25, -0.2) is 4.98 Å². The third kappa shape index (κ3) is 4.28. The molecule has 0 saturated carbocycles. The molecule has 0 atom stereocenters. The van der Waals surface area contributed by atoms with E-state index < -0.39 is 0 Å². The van der Waals surface area contributed by atoms with Crippen LogP contribution >= 0.6 is 11.3 Å². The molecule has 4 rings (SSSR count). The Morgan fingerprint density at radius 1 is 1.24 bits per heavy atom. The molecule has 0 saturated heterocycles. The van der Waals surface area contributed by atoms with E-state index in [1.54, 1.807) is 18.3 Å². The normalized spacial score (nSPS) is 10.6. The Bertz CT molecular complexity index is 1200. The second kappa shape index (κ2) is 8.17. The van der Waals surface area contributed by atoms with Crippen LogP contribution in [-0.4, -0.2) is 22.5 Å². The number of nitrogens with one attached hydrogen (secondary N) is 2. The molecule has 29 heavy (non-hydrogen) atoms. The van der Waals surface area contributed by atoms with Gasteiger partial charge in [-0.05, 0) is 42.8 Å². The summed E-state index contributed by atoms with van der Waals surface area (Å²) in [5.41, 5.74) is 3.04. The number of fused-ring (bicyclic) bond motifs is 1. The number of nitrogens with zero attached hydrogens (tertiary/aromatic N) is 2. The molecule has 6 nitrogen and oxygen atoms in total. The topological polar surface area (TPSA) is 90.8 Å². The molecule has 0 fully saturated rings. The van der Waals surface area contributed by atoms with Crippen molar-refractivity contribution in [2.75, 3.05) is 11.9 Å². The molecule has 1 amide bonds. The predicted octanol–water partition coefficient (Wildman–Crippen LogP) is 4.74. The highest BCUT2D eigenvalue weighted by Crippen LogP contribution is 2.24. The number of aromatic nitrogens is 2. The van der Waals surface area contributed by atoms with E-state index >= 15 is 0 Å². The number of rotatable bonds is 6. The van der Waals surface area contributed by atoms with Crippen LogP contribution in [-0.2, 0) is 6.42 Å². The molecular weight excluding hydrogens is 384 g/mol. The fourth-order valence-electron chi connectivity index (χ4n) is 2.99. The van der Waals surface area contributed by atoms with Gasteiger partial charge in [-0.2, -0.15) is 5.26 Å². The highest BCUT2D eigenvalue weighted by Gasteiger charge is 2.13. The molecule has 0 aliphatic carbocycles. The number of amides is 1. The molecule has 2 heterocycles. The van der Waals surface area contributed by atoms with Crippen molar-refractivity contribution in [3.63, 3.8) is 0 Å². The number of carbonyl (C=O) groups is 1. The molecule has 0 aliphatic rings. The minimum Gasteiger partial charge on any atom is -0.494 e. The maximum Gasteiger partial charge on any atom is 0.273 e. The van der Waals surface area contributed by atoms with Gasteiger partial charge in [0.15, 0.2) is 5.13 Å². The van der Waals surface area contributed by atoms with Gasteiger partial charge in [-0.15, -0.1) is 11.3 Å². The maximum atomic E-state index is 12.6. The van der Waals surface area contributed by atoms with E-state index in [0.29, 0.717) is 29.4 Å². The van der Waals surface area contributed by atoms with Crippen LogP contribution < -0.4 is 10.1 Å². The van der Waals surface area contributed by atoms with Crippen molar-refractivity contribution in [2.24, 2.45) is 0 Å². The minimum atomic E-state index is -0.238. The number of carbonyl (C=O) groups excluding carboxylic acids is 1. The van der Waals surface area contributed by atoms with Gasteiger partial charge in [0.05, 0.1) is 18.2 Å². The van der Waals surface area contributed by atoms with E-state index in [2.05, 4.69) is 21.4 Å². The maximum absolute atomic E-state index is 12.6. The van der Waals surface area contributed by atoms with Gasteiger partial charge < -0.3 is 9.72 Å². The highest BCUT2D eigenvalue weighted by atomic mass is 32.1. The zero-order valence-corrected chi connectivity index (χ0v) is 16.5. The van der Waals surface area contributed by atoms with E-state index in [9.17, 15) is 4.79 Å². The first-order valence-corrected chi connectivity index (χ1v) is 9.97. The van der Waals surface area contributed by atoms with Gasteiger partial charge in [0, 0.05) is 34.5 Å². The van der Waals surface area contributed by atoms with Crippen LogP contribution in [0.1, 0.15) is 33.4 Å². The molecular formula is C22H18N4O2S. The number of aromatic amines is 1. The molecule has 0 bridgehead atoms. The number of nitriles is 1. The highest BCUT2D eigenvalue weighted by molar-refractivity contribution is 7.15. The van der Waals surface area contributed by atoms with Crippen molar-refractivity contribution in [2.45, 2.75) is 13.3 Å². The van der Waals surface area contributed by atoms with E-state index in [0.717, 1.165) is 27.1 Å². The molecule has 2 aromatic carbocycles. The minimum absolute atomic E-state index is 0.238. The van der Waals surface area contributed by atoms with Gasteiger partial charge >= 0.3 is 0 Å². The Hall–Kier alpha value is -3.63. The molecule has 2 aromatic heterocycles. The Labute approximate surface area is 171 Å². The quantitative estimate of drug-likeness (QED) is 0.487. The van der Waals surface area contributed by atoms with Crippen molar-refractivity contribution in [3.05, 3.63) is 76.4 Å². The second-order valence-electron chi connectivity index (χ2n) is 6.44. The van der Waals surface area contributed by atoms with E-state index in [-0.39, 0.29) is 5.91 Å². The summed E-state index contributed by atoms with van der Waals surface area (Å²) in [5.74, 6) is 0.527. The lowest BCUT2D eigenvalue weighted by Gasteiger charge is -2.01. The summed E-state index contributed by atoms with van der Waals surface area (Å²) in [6.45, 7) is 2.52. The fraction of sp³-hybridized carbons (Fsp3) is 0.136. The number of hydrogen-bond acceptors (Lipinski definition) is 5. The first kappa shape index (κ1) is 18.7. The van der Waals surface area contributed by atoms with Crippen LogP contribution in [0.3, 0.4) is 0 Å². The van der Waals surface area contributed by atoms with Gasteiger partial charge in [0.25, 0.3) is 5.91 Å². The van der Waals surface area contributed by atoms with Crippen molar-refractivity contribution in [3.8, 4) is 11.8 Å². The molecule has 0 aliphatic heterocycles. The summed E-state index contributed by atoms with van der Waals surface area (Å²) in [4.78, 5) is 21.1. The van der Waals surface area contributed by atoms with Crippen molar-refractivity contribution >= 4 is 33.3 Å². The Morgan fingerprint density at radius 2 is 2.07 bits per heavy atom. The number of ether oxygens (including phenoxy) is 1. The Balaban J connectivity index is 1.44. The lowest BCUT2D eigenvalue weighted by atomic mass is 10.1. The summed E-state index contributed by atoms with van der Waals surface area (Å²) in [5, 5.41) is 13.2. The molecule has 0 spiro atoms. The monoisotopic (exact) mass is 402 g/mol. The molecule has 2 N–H and O–H groups in total. The Morgan fingerprint density at radius 3 is 2.83 bits per heavy atom. The molecule has 0 unspecified atom stereocenters. The van der Waals surface area contributed by atoms with Crippen LogP contribution in [0, 0.1) is 11.3 Å². The van der Waals surface area contributed by atoms with Crippen LogP contribution in [0.4, 0.5) is 5.13 Å². The lowest BCUT2D eigenvalue weighted by Crippen LogP contribution is -2.11. The van der Waals surface area contributed by atoms with Crippen LogP contribution in [0.2, 0.25) is 0 Å². The number of thiazole rings is 1. The van der Waals surface area contributed by atoms with E-state index in [1.807, 2.05) is 43.3 Å². The molecule has 144 valence electrons. The van der Waals surface area contributed by atoms with Crippen molar-refractivity contribution < 1.29 is 9.53 Å². The molecule has 4 aromatic rings. The van der Waals surface area contributed by atoms with Gasteiger partial charge in [-0.1, -0.05) is 12.1 Å². The van der Waals surface area contributed by atoms with E-state index in [1.165, 1.54) is 11.3 Å². The zero-order valence-electron chi connectivity index (χ0n) is 15.7. The average molecular weight is 402 g/mol. The molecule has 0 radical (unpaired) electrons. The summed E-state index contributed by atoms with van der Waals surface area (Å²) in [6, 6.07) is 17.1. The van der Waals surface area contributed by atoms with Gasteiger partial charge in [-0.3, -0.25) is 10.1 Å². The number of benzene rings is 2. The van der Waals surface area contributed by atoms with Gasteiger partial charge in [0.2, 0.25) is 0 Å². The average Bonchev–Trinajstić information content (AvgIpc) is 3.35. The molecule has 7 heteroatoms. The first-order chi connectivity index (χ1) is 14.1. The van der Waals surface area contributed by atoms with Crippen molar-refractivity contribution in [1.82, 2.24) is 9.97 Å². The smallest absolute Gasteiger partial charge is 0.273 e. The number of hydrogen-bond donors (Lipinski definition) is 2. The SMILES string of the molecule is CCOc1ccc2cc(C(=O)Nc3ncc(Cc4ccc(C#N)cc4)s3)[nH]c2c1.